The van der Waals surface area contributed by atoms with Crippen molar-refractivity contribution < 1.29 is 0 Å². The highest BCUT2D eigenvalue weighted by Gasteiger charge is 2.11. The van der Waals surface area contributed by atoms with Crippen LogP contribution in [-0.4, -0.2) is 5.75 Å². The maximum atomic E-state index is 4.23. The normalized spacial score (nSPS) is 18.1. The Morgan fingerprint density at radius 2 is 1.93 bits per heavy atom. The van der Waals surface area contributed by atoms with Crippen molar-refractivity contribution in [1.82, 2.24) is 0 Å². The minimum atomic E-state index is 1.22. The molecule has 0 amide bonds. The zero-order valence-corrected chi connectivity index (χ0v) is 11.1. The zero-order chi connectivity index (χ0) is 11.1. The summed E-state index contributed by atoms with van der Waals surface area (Å²) in [5.74, 6) is 1.28. The summed E-state index contributed by atoms with van der Waals surface area (Å²) in [5, 5.41) is 0. The number of thioether (sulfide) groups is 1. The lowest BCUT2D eigenvalue weighted by atomic mass is 10.1. The van der Waals surface area contributed by atoms with Crippen molar-refractivity contribution in [2.24, 2.45) is 0 Å². The fraction of sp³-hybridized carbons (Fsp3) is 0.714. The molecule has 0 heterocycles. The number of hydrogen-bond acceptors (Lipinski definition) is 1. The van der Waals surface area contributed by atoms with Crippen LogP contribution in [0.2, 0.25) is 0 Å². The predicted molar refractivity (Wildman–Crippen MR) is 72.3 cm³/mol. The van der Waals surface area contributed by atoms with Crippen LogP contribution in [0.5, 0.6) is 0 Å². The molecule has 86 valence electrons. The Balaban J connectivity index is 2.44. The number of allylic oxidation sites excluding steroid dienone is 2. The number of hydrogen-bond donors (Lipinski definition) is 0. The van der Waals surface area contributed by atoms with Crippen molar-refractivity contribution in [3.8, 4) is 0 Å². The van der Waals surface area contributed by atoms with Crippen LogP contribution in [0.1, 0.15) is 58.8 Å². The highest BCUT2D eigenvalue weighted by Crippen LogP contribution is 2.35. The van der Waals surface area contributed by atoms with Crippen molar-refractivity contribution in [3.05, 3.63) is 22.6 Å². The maximum Gasteiger partial charge on any atom is 0.00873 e. The van der Waals surface area contributed by atoms with Gasteiger partial charge < -0.3 is 0 Å². The first-order chi connectivity index (χ1) is 7.25. The van der Waals surface area contributed by atoms with Crippen LogP contribution in [0.25, 0.3) is 0 Å². The average Bonchev–Trinajstić information content (AvgIpc) is 2.37. The van der Waals surface area contributed by atoms with E-state index in [1.54, 1.807) is 5.57 Å². The van der Waals surface area contributed by atoms with Gasteiger partial charge in [0.15, 0.2) is 0 Å². The van der Waals surface area contributed by atoms with Crippen LogP contribution >= 0.6 is 11.8 Å². The molecule has 0 aromatic carbocycles. The first kappa shape index (κ1) is 12.9. The van der Waals surface area contributed by atoms with Crippen LogP contribution in [0.3, 0.4) is 0 Å². The Morgan fingerprint density at radius 3 is 2.67 bits per heavy atom. The van der Waals surface area contributed by atoms with Gasteiger partial charge in [-0.3, -0.25) is 0 Å². The summed E-state index contributed by atoms with van der Waals surface area (Å²) in [6.45, 7) is 8.78. The lowest BCUT2D eigenvalue weighted by Gasteiger charge is -2.10. The van der Waals surface area contributed by atoms with E-state index in [1.807, 2.05) is 11.8 Å². The molecule has 0 aromatic heterocycles. The molecule has 1 aliphatic rings. The van der Waals surface area contributed by atoms with Gasteiger partial charge in [-0.25, -0.2) is 0 Å². The van der Waals surface area contributed by atoms with E-state index >= 15 is 0 Å². The minimum Gasteiger partial charge on any atom is -0.126 e. The summed E-state index contributed by atoms with van der Waals surface area (Å²) < 4.78 is 0. The summed E-state index contributed by atoms with van der Waals surface area (Å²) in [6, 6.07) is 0. The van der Waals surface area contributed by atoms with Gasteiger partial charge in [-0.15, -0.1) is 11.8 Å². The average molecular weight is 224 g/mol. The monoisotopic (exact) mass is 224 g/mol. The fourth-order valence-corrected chi connectivity index (χ4v) is 3.22. The number of unbranched alkanes of at least 4 members (excludes halogenated alkanes) is 2. The third-order valence-corrected chi connectivity index (χ3v) is 4.40. The molecular formula is C14H24S. The molecule has 1 aliphatic carbocycles. The first-order valence-corrected chi connectivity index (χ1v) is 7.25. The van der Waals surface area contributed by atoms with E-state index in [4.69, 9.17) is 0 Å². The molecule has 0 unspecified atom stereocenters. The highest BCUT2D eigenvalue weighted by molar-refractivity contribution is 8.03. The third-order valence-electron chi connectivity index (χ3n) is 2.98. The van der Waals surface area contributed by atoms with Gasteiger partial charge in [-0.1, -0.05) is 31.9 Å². The second-order valence-electron chi connectivity index (χ2n) is 4.48. The molecule has 15 heavy (non-hydrogen) atoms. The van der Waals surface area contributed by atoms with Crippen LogP contribution in [0.4, 0.5) is 0 Å². The van der Waals surface area contributed by atoms with Crippen molar-refractivity contribution >= 4 is 11.8 Å². The van der Waals surface area contributed by atoms with E-state index in [1.165, 1.54) is 61.2 Å². The topological polar surface area (TPSA) is 0 Å². The predicted octanol–water partition coefficient (Wildman–Crippen LogP) is 5.31. The third kappa shape index (κ3) is 4.46. The van der Waals surface area contributed by atoms with Gasteiger partial charge >= 0.3 is 0 Å². The maximum absolute atomic E-state index is 4.23. The molecule has 0 nitrogen and oxygen atoms in total. The molecule has 0 N–H and O–H groups in total. The number of rotatable bonds is 5. The van der Waals surface area contributed by atoms with Crippen LogP contribution in [-0.2, 0) is 0 Å². The summed E-state index contributed by atoms with van der Waals surface area (Å²) in [4.78, 5) is 1.53. The molecule has 0 aliphatic heterocycles. The second kappa shape index (κ2) is 7.16. The van der Waals surface area contributed by atoms with Gasteiger partial charge in [0, 0.05) is 4.91 Å². The molecule has 1 heteroatoms. The quantitative estimate of drug-likeness (QED) is 0.570. The molecule has 0 radical (unpaired) electrons. The van der Waals surface area contributed by atoms with Crippen molar-refractivity contribution in [2.75, 3.05) is 5.75 Å². The molecule has 0 saturated heterocycles. The Hall–Kier alpha value is -0.170. The fourth-order valence-electron chi connectivity index (χ4n) is 2.01. The highest BCUT2D eigenvalue weighted by atomic mass is 32.2. The Bertz CT molecular complexity index is 238. The van der Waals surface area contributed by atoms with E-state index in [0.717, 1.165) is 0 Å². The Labute approximate surface area is 99.2 Å². The van der Waals surface area contributed by atoms with Gasteiger partial charge in [0.05, 0.1) is 0 Å². The molecule has 0 fully saturated rings. The standard InChI is InChI=1S/C14H24S/c1-4-5-8-11-15-14-12(2)9-6-7-10-13(14)3/h2,4-11H2,1,3H3. The van der Waals surface area contributed by atoms with E-state index in [2.05, 4.69) is 20.4 Å². The van der Waals surface area contributed by atoms with E-state index in [-0.39, 0.29) is 0 Å². The minimum absolute atomic E-state index is 1.22. The lowest BCUT2D eigenvalue weighted by Crippen LogP contribution is -1.89. The first-order valence-electron chi connectivity index (χ1n) is 6.26. The molecule has 1 rings (SSSR count). The van der Waals surface area contributed by atoms with E-state index < -0.39 is 0 Å². The van der Waals surface area contributed by atoms with Gasteiger partial charge in [0.2, 0.25) is 0 Å². The summed E-state index contributed by atoms with van der Waals surface area (Å²) in [7, 11) is 0. The largest absolute Gasteiger partial charge is 0.126 e. The van der Waals surface area contributed by atoms with Gasteiger partial charge in [-0.05, 0) is 50.4 Å². The lowest BCUT2D eigenvalue weighted by molar-refractivity contribution is 0.751. The summed E-state index contributed by atoms with van der Waals surface area (Å²) in [5.41, 5.74) is 2.98. The molecule has 0 saturated carbocycles. The van der Waals surface area contributed by atoms with Gasteiger partial charge in [0.1, 0.15) is 0 Å². The Morgan fingerprint density at radius 1 is 1.20 bits per heavy atom. The van der Waals surface area contributed by atoms with Crippen molar-refractivity contribution in [3.63, 3.8) is 0 Å². The molecule has 0 spiro atoms. The molecule has 0 aromatic rings. The van der Waals surface area contributed by atoms with Crippen molar-refractivity contribution in [1.29, 1.82) is 0 Å². The molecular weight excluding hydrogens is 200 g/mol. The second-order valence-corrected chi connectivity index (χ2v) is 5.58. The van der Waals surface area contributed by atoms with Gasteiger partial charge in [-0.2, -0.15) is 0 Å². The smallest absolute Gasteiger partial charge is 0.00873 e. The summed E-state index contributed by atoms with van der Waals surface area (Å²) >= 11 is 2.05. The van der Waals surface area contributed by atoms with Crippen LogP contribution in [0, 0.1) is 0 Å². The zero-order valence-electron chi connectivity index (χ0n) is 10.3. The van der Waals surface area contributed by atoms with Gasteiger partial charge in [0.25, 0.3) is 0 Å². The van der Waals surface area contributed by atoms with E-state index in [0.29, 0.717) is 0 Å². The Kier molecular flexibility index (Phi) is 6.16. The van der Waals surface area contributed by atoms with Crippen LogP contribution < -0.4 is 0 Å². The SMILES string of the molecule is C=C1CCCCC(C)=C1SCCCCC. The van der Waals surface area contributed by atoms with E-state index in [9.17, 15) is 0 Å². The van der Waals surface area contributed by atoms with Crippen molar-refractivity contribution in [2.45, 2.75) is 58.8 Å². The van der Waals surface area contributed by atoms with Crippen LogP contribution in [0.15, 0.2) is 22.6 Å². The molecule has 0 atom stereocenters. The molecule has 0 bridgehead atoms. The summed E-state index contributed by atoms with van der Waals surface area (Å²) in [6.07, 6.45) is 9.22.